The highest BCUT2D eigenvalue weighted by molar-refractivity contribution is 6.21. The molecular formula is C16H19N2O4+. The fourth-order valence-electron chi connectivity index (χ4n) is 2.33. The second kappa shape index (κ2) is 7.00. The monoisotopic (exact) mass is 303 g/mol. The van der Waals surface area contributed by atoms with Gasteiger partial charge in [-0.05, 0) is 37.3 Å². The second-order valence-electron chi connectivity index (χ2n) is 4.91. The number of ether oxygens (including phenoxy) is 1. The van der Waals surface area contributed by atoms with E-state index < -0.39 is 12.0 Å². The minimum absolute atomic E-state index is 0.173. The van der Waals surface area contributed by atoms with Gasteiger partial charge in [0.15, 0.2) is 6.04 Å². The van der Waals surface area contributed by atoms with Crippen molar-refractivity contribution in [2.24, 2.45) is 0 Å². The summed E-state index contributed by atoms with van der Waals surface area (Å²) in [6, 6.07) is 5.86. The summed E-state index contributed by atoms with van der Waals surface area (Å²) in [6.45, 7) is 6.21. The highest BCUT2D eigenvalue weighted by Crippen LogP contribution is 2.22. The first-order valence-corrected chi connectivity index (χ1v) is 7.16. The van der Waals surface area contributed by atoms with E-state index in [1.807, 2.05) is 0 Å². The molecule has 1 aromatic rings. The van der Waals surface area contributed by atoms with Crippen LogP contribution in [0.15, 0.2) is 36.9 Å². The van der Waals surface area contributed by atoms with Crippen molar-refractivity contribution in [1.82, 2.24) is 0 Å². The maximum atomic E-state index is 12.3. The molecule has 6 nitrogen and oxygen atoms in total. The number of anilines is 1. The molecule has 1 aromatic carbocycles. The van der Waals surface area contributed by atoms with Crippen molar-refractivity contribution in [2.45, 2.75) is 19.4 Å². The van der Waals surface area contributed by atoms with Crippen molar-refractivity contribution >= 4 is 23.5 Å². The Hall–Kier alpha value is -2.47. The lowest BCUT2D eigenvalue weighted by molar-refractivity contribution is -0.666. The van der Waals surface area contributed by atoms with Crippen LogP contribution in [-0.4, -0.2) is 37.0 Å². The van der Waals surface area contributed by atoms with E-state index >= 15 is 0 Å². The Bertz CT molecular complexity index is 595. The van der Waals surface area contributed by atoms with E-state index in [-0.39, 0.29) is 18.2 Å². The third-order valence-electron chi connectivity index (χ3n) is 3.41. The fraction of sp³-hybridized carbons (Fsp3) is 0.312. The number of carbonyl (C=O) groups is 3. The molecule has 22 heavy (non-hydrogen) atoms. The van der Waals surface area contributed by atoms with Gasteiger partial charge >= 0.3 is 5.97 Å². The molecule has 1 heterocycles. The Morgan fingerprint density at radius 3 is 2.68 bits per heavy atom. The number of rotatable bonds is 6. The number of imide groups is 1. The first-order valence-electron chi connectivity index (χ1n) is 7.16. The summed E-state index contributed by atoms with van der Waals surface area (Å²) in [5, 5.41) is 1.79. The van der Waals surface area contributed by atoms with E-state index in [4.69, 9.17) is 4.74 Å². The van der Waals surface area contributed by atoms with Crippen LogP contribution in [0.4, 0.5) is 5.69 Å². The van der Waals surface area contributed by atoms with Crippen LogP contribution in [0.1, 0.15) is 23.7 Å². The predicted octanol–water partition coefficient (Wildman–Crippen LogP) is 0.245. The Balaban J connectivity index is 2.14. The number of amides is 2. The number of esters is 1. The Labute approximate surface area is 128 Å². The summed E-state index contributed by atoms with van der Waals surface area (Å²) in [6.07, 6.45) is 1.86. The van der Waals surface area contributed by atoms with Crippen molar-refractivity contribution in [3.63, 3.8) is 0 Å². The molecule has 1 aliphatic heterocycles. The first kappa shape index (κ1) is 15.9. The van der Waals surface area contributed by atoms with Crippen LogP contribution in [0.2, 0.25) is 0 Å². The molecular weight excluding hydrogens is 284 g/mol. The molecule has 0 spiro atoms. The lowest BCUT2D eigenvalue weighted by atomic mass is 10.2. The Morgan fingerprint density at radius 1 is 1.41 bits per heavy atom. The lowest BCUT2D eigenvalue weighted by Gasteiger charge is -2.14. The van der Waals surface area contributed by atoms with Gasteiger partial charge in [0.1, 0.15) is 0 Å². The molecule has 1 saturated heterocycles. The number of nitrogens with two attached hydrogens (primary N) is 1. The van der Waals surface area contributed by atoms with Crippen LogP contribution in [-0.2, 0) is 14.3 Å². The lowest BCUT2D eigenvalue weighted by Crippen LogP contribution is -2.91. The highest BCUT2D eigenvalue weighted by Gasteiger charge is 2.41. The molecule has 1 fully saturated rings. The van der Waals surface area contributed by atoms with Crippen molar-refractivity contribution < 1.29 is 24.4 Å². The van der Waals surface area contributed by atoms with Crippen molar-refractivity contribution in [3.8, 4) is 0 Å². The number of hydrogen-bond donors (Lipinski definition) is 1. The van der Waals surface area contributed by atoms with Gasteiger partial charge in [0, 0.05) is 0 Å². The molecule has 0 aromatic heterocycles. The Morgan fingerprint density at radius 2 is 2.09 bits per heavy atom. The van der Waals surface area contributed by atoms with Crippen LogP contribution in [0.5, 0.6) is 0 Å². The van der Waals surface area contributed by atoms with Gasteiger partial charge < -0.3 is 10.1 Å². The van der Waals surface area contributed by atoms with Gasteiger partial charge in [-0.1, -0.05) is 6.58 Å². The van der Waals surface area contributed by atoms with Gasteiger partial charge in [-0.25, -0.2) is 9.69 Å². The van der Waals surface area contributed by atoms with Gasteiger partial charge in [-0.15, -0.1) is 0 Å². The quantitative estimate of drug-likeness (QED) is 0.464. The minimum atomic E-state index is -0.426. The zero-order valence-electron chi connectivity index (χ0n) is 12.5. The first-order chi connectivity index (χ1) is 10.6. The van der Waals surface area contributed by atoms with Crippen LogP contribution in [0.3, 0.4) is 0 Å². The third-order valence-corrected chi connectivity index (χ3v) is 3.41. The number of benzene rings is 1. The second-order valence-corrected chi connectivity index (χ2v) is 4.91. The Kier molecular flexibility index (Phi) is 5.06. The third kappa shape index (κ3) is 3.23. The van der Waals surface area contributed by atoms with E-state index in [1.54, 1.807) is 42.6 Å². The molecule has 2 amide bonds. The molecule has 2 N–H and O–H groups in total. The van der Waals surface area contributed by atoms with Crippen LogP contribution >= 0.6 is 0 Å². The molecule has 0 unspecified atom stereocenters. The van der Waals surface area contributed by atoms with Crippen LogP contribution < -0.4 is 10.2 Å². The molecule has 116 valence electrons. The smallest absolute Gasteiger partial charge is 0.338 e. The maximum Gasteiger partial charge on any atom is 0.338 e. The van der Waals surface area contributed by atoms with Crippen LogP contribution in [0, 0.1) is 0 Å². The maximum absolute atomic E-state index is 12.3. The predicted molar refractivity (Wildman–Crippen MR) is 80.3 cm³/mol. The van der Waals surface area contributed by atoms with Gasteiger partial charge in [-0.3, -0.25) is 9.59 Å². The molecule has 0 aliphatic carbocycles. The summed E-state index contributed by atoms with van der Waals surface area (Å²) in [7, 11) is 0. The average molecular weight is 303 g/mol. The number of quaternary nitrogens is 1. The van der Waals surface area contributed by atoms with Gasteiger partial charge in [-0.2, -0.15) is 0 Å². The highest BCUT2D eigenvalue weighted by atomic mass is 16.5. The van der Waals surface area contributed by atoms with E-state index in [0.29, 0.717) is 24.4 Å². The summed E-state index contributed by atoms with van der Waals surface area (Å²) < 4.78 is 4.90. The van der Waals surface area contributed by atoms with Crippen molar-refractivity contribution in [3.05, 3.63) is 42.5 Å². The topological polar surface area (TPSA) is 80.3 Å². The van der Waals surface area contributed by atoms with E-state index in [2.05, 4.69) is 6.58 Å². The molecule has 6 heteroatoms. The van der Waals surface area contributed by atoms with Crippen molar-refractivity contribution in [2.75, 3.05) is 18.1 Å². The molecule has 0 radical (unpaired) electrons. The summed E-state index contributed by atoms with van der Waals surface area (Å²) >= 11 is 0. The van der Waals surface area contributed by atoms with Gasteiger partial charge in [0.2, 0.25) is 5.91 Å². The summed E-state index contributed by atoms with van der Waals surface area (Å²) in [4.78, 5) is 37.1. The molecule has 0 saturated carbocycles. The fourth-order valence-corrected chi connectivity index (χ4v) is 2.33. The van der Waals surface area contributed by atoms with Gasteiger partial charge in [0.05, 0.1) is 30.8 Å². The number of nitrogens with zero attached hydrogens (tertiary/aromatic N) is 1. The summed E-state index contributed by atoms with van der Waals surface area (Å²) in [5.41, 5.74) is 0.858. The van der Waals surface area contributed by atoms with E-state index in [1.165, 1.54) is 4.90 Å². The zero-order valence-corrected chi connectivity index (χ0v) is 12.5. The molecule has 2 rings (SSSR count). The number of carbonyl (C=O) groups excluding carboxylic acids is 3. The minimum Gasteiger partial charge on any atom is -0.462 e. The number of hydrogen-bond acceptors (Lipinski definition) is 4. The standard InChI is InChI=1S/C16H18N2O4/c1-3-9-17-13-10-14(19)18(15(13)20)12-7-5-11(6-8-12)16(21)22-4-2/h3,5-8,13,17H,1,4,9-10H2,2H3/p+1/t13-/m0/s1. The largest absolute Gasteiger partial charge is 0.462 e. The normalized spacial score (nSPS) is 17.7. The SMILES string of the molecule is C=CC[NH2+][C@H]1CC(=O)N(c2ccc(C(=O)OCC)cc2)C1=O. The van der Waals surface area contributed by atoms with E-state index in [0.717, 1.165) is 0 Å². The summed E-state index contributed by atoms with van der Waals surface area (Å²) in [5.74, 6) is -0.903. The molecule has 1 atom stereocenters. The average Bonchev–Trinajstić information content (AvgIpc) is 2.80. The van der Waals surface area contributed by atoms with Crippen molar-refractivity contribution in [1.29, 1.82) is 0 Å². The molecule has 1 aliphatic rings. The molecule has 0 bridgehead atoms. The van der Waals surface area contributed by atoms with E-state index in [9.17, 15) is 14.4 Å². The zero-order chi connectivity index (χ0) is 16.1. The van der Waals surface area contributed by atoms with Crippen LogP contribution in [0.25, 0.3) is 0 Å². The van der Waals surface area contributed by atoms with Gasteiger partial charge in [0.25, 0.3) is 5.91 Å².